The maximum absolute atomic E-state index is 13.0. The predicted octanol–water partition coefficient (Wildman–Crippen LogP) is 1.66. The van der Waals surface area contributed by atoms with Crippen LogP contribution in [-0.4, -0.2) is 73.6 Å². The van der Waals surface area contributed by atoms with Crippen molar-refractivity contribution >= 4 is 23.7 Å². The highest BCUT2D eigenvalue weighted by Crippen LogP contribution is 2.11. The van der Waals surface area contributed by atoms with E-state index in [0.717, 1.165) is 12.2 Å². The molecule has 1 rings (SSSR count). The number of rotatable bonds is 11. The quantitative estimate of drug-likeness (QED) is 0.374. The Bertz CT molecular complexity index is 641. The highest BCUT2D eigenvalue weighted by Gasteiger charge is 2.29. The number of nitrogens with one attached hydrogen (secondary N) is 2. The van der Waals surface area contributed by atoms with Crippen LogP contribution in [0.5, 0.6) is 0 Å². The summed E-state index contributed by atoms with van der Waals surface area (Å²) in [5, 5.41) is 5.57. The Kier molecular flexibility index (Phi) is 11.8. The van der Waals surface area contributed by atoms with Gasteiger partial charge in [-0.15, -0.1) is 0 Å². The van der Waals surface area contributed by atoms with E-state index in [2.05, 4.69) is 10.6 Å². The number of hydrogen-bond donors (Lipinski definition) is 2. The number of ketones is 1. The zero-order chi connectivity index (χ0) is 23.4. The van der Waals surface area contributed by atoms with Crippen LogP contribution in [0, 0.1) is 11.8 Å². The highest BCUT2D eigenvalue weighted by molar-refractivity contribution is 6.01. The number of carbonyl (C=O) groups excluding carboxylic acids is 4. The molecule has 1 aliphatic rings. The van der Waals surface area contributed by atoms with Gasteiger partial charge in [-0.2, -0.15) is 0 Å². The molecule has 9 heteroatoms. The number of urea groups is 1. The van der Waals surface area contributed by atoms with Crippen LogP contribution >= 0.6 is 0 Å². The summed E-state index contributed by atoms with van der Waals surface area (Å²) in [6, 6.07) is -1.89. The molecule has 1 heterocycles. The van der Waals surface area contributed by atoms with Gasteiger partial charge >= 0.3 is 12.0 Å². The van der Waals surface area contributed by atoms with Crippen LogP contribution < -0.4 is 10.6 Å². The topological polar surface area (TPSA) is 114 Å². The van der Waals surface area contributed by atoms with Crippen LogP contribution in [0.1, 0.15) is 47.5 Å². The molecule has 9 nitrogen and oxygen atoms in total. The molecule has 2 atom stereocenters. The Hall–Kier alpha value is -2.42. The molecule has 1 aliphatic heterocycles. The Morgan fingerprint density at radius 2 is 1.52 bits per heavy atom. The molecular formula is C22H37N3O6. The maximum atomic E-state index is 13.0. The molecule has 31 heavy (non-hydrogen) atoms. The zero-order valence-electron chi connectivity index (χ0n) is 19.3. The molecule has 0 aromatic carbocycles. The van der Waals surface area contributed by atoms with Gasteiger partial charge in [-0.3, -0.25) is 9.59 Å². The van der Waals surface area contributed by atoms with E-state index in [0.29, 0.717) is 39.1 Å². The lowest BCUT2D eigenvalue weighted by molar-refractivity contribution is -0.137. The van der Waals surface area contributed by atoms with Crippen molar-refractivity contribution in [2.24, 2.45) is 11.8 Å². The second-order valence-electron chi connectivity index (χ2n) is 8.41. The summed E-state index contributed by atoms with van der Waals surface area (Å²) in [6.45, 7) is 11.5. The molecule has 176 valence electrons. The number of nitrogens with zero attached hydrogens (tertiary/aromatic N) is 1. The first-order chi connectivity index (χ1) is 14.6. The largest absolute Gasteiger partial charge is 0.463 e. The Morgan fingerprint density at radius 1 is 0.935 bits per heavy atom. The summed E-state index contributed by atoms with van der Waals surface area (Å²) in [7, 11) is 0. The fraction of sp³-hybridized carbons (Fsp3) is 0.727. The standard InChI is InChI=1S/C22H37N3O6/c1-6-31-20(27)8-7-19(26)17(13-15(2)3)23-21(28)18(14-16(4)5)24-22(29)25-9-11-30-12-10-25/h7-8,15-18H,6,9-14H2,1-5H3,(H,23,28)(H,24,29)/b8-7+/t17-,18-/m0/s1. The van der Waals surface area contributed by atoms with Crippen molar-refractivity contribution < 1.29 is 28.7 Å². The van der Waals surface area contributed by atoms with Gasteiger partial charge in [0.15, 0.2) is 5.78 Å². The number of hydrogen-bond acceptors (Lipinski definition) is 6. The number of morpholine rings is 1. The third-order valence-electron chi connectivity index (χ3n) is 4.66. The fourth-order valence-electron chi connectivity index (χ4n) is 3.16. The van der Waals surface area contributed by atoms with Crippen LogP contribution in [0.4, 0.5) is 4.79 Å². The number of esters is 1. The molecule has 0 saturated carbocycles. The molecule has 0 bridgehead atoms. The van der Waals surface area contributed by atoms with Crippen molar-refractivity contribution in [3.63, 3.8) is 0 Å². The summed E-state index contributed by atoms with van der Waals surface area (Å²) in [5.41, 5.74) is 0. The lowest BCUT2D eigenvalue weighted by atomic mass is 9.98. The summed E-state index contributed by atoms with van der Waals surface area (Å²) in [6.07, 6.45) is 3.04. The second-order valence-corrected chi connectivity index (χ2v) is 8.41. The smallest absolute Gasteiger partial charge is 0.330 e. The Morgan fingerprint density at radius 3 is 2.06 bits per heavy atom. The minimum atomic E-state index is -0.798. The average molecular weight is 440 g/mol. The molecule has 1 saturated heterocycles. The van der Waals surface area contributed by atoms with Gasteiger partial charge in [0.25, 0.3) is 0 Å². The van der Waals surface area contributed by atoms with E-state index >= 15 is 0 Å². The molecule has 0 aromatic rings. The lowest BCUT2D eigenvalue weighted by Crippen LogP contribution is -2.55. The van der Waals surface area contributed by atoms with E-state index in [1.165, 1.54) is 0 Å². The highest BCUT2D eigenvalue weighted by atomic mass is 16.5. The van der Waals surface area contributed by atoms with E-state index in [1.54, 1.807) is 11.8 Å². The summed E-state index contributed by atoms with van der Waals surface area (Å²) in [4.78, 5) is 51.3. The van der Waals surface area contributed by atoms with Crippen molar-refractivity contribution in [3.8, 4) is 0 Å². The second kappa shape index (κ2) is 13.8. The summed E-state index contributed by atoms with van der Waals surface area (Å²) < 4.78 is 10.1. The molecule has 0 aromatic heterocycles. The molecule has 0 aliphatic carbocycles. The zero-order valence-corrected chi connectivity index (χ0v) is 19.3. The maximum Gasteiger partial charge on any atom is 0.330 e. The SMILES string of the molecule is CCOC(=O)/C=C/C(=O)[C@H](CC(C)C)NC(=O)[C@H](CC(C)C)NC(=O)N1CCOCC1. The molecule has 2 N–H and O–H groups in total. The molecule has 0 unspecified atom stereocenters. The van der Waals surface area contributed by atoms with Gasteiger partial charge < -0.3 is 25.0 Å². The molecule has 0 radical (unpaired) electrons. The minimum Gasteiger partial charge on any atom is -0.463 e. The van der Waals surface area contributed by atoms with Gasteiger partial charge in [-0.1, -0.05) is 27.7 Å². The van der Waals surface area contributed by atoms with Crippen LogP contribution in [0.15, 0.2) is 12.2 Å². The van der Waals surface area contributed by atoms with Crippen LogP contribution in [0.25, 0.3) is 0 Å². The number of ether oxygens (including phenoxy) is 2. The monoisotopic (exact) mass is 439 g/mol. The van der Waals surface area contributed by atoms with Crippen molar-refractivity contribution in [1.29, 1.82) is 0 Å². The van der Waals surface area contributed by atoms with Crippen molar-refractivity contribution in [3.05, 3.63) is 12.2 Å². The van der Waals surface area contributed by atoms with Crippen LogP contribution in [0.3, 0.4) is 0 Å². The molecule has 0 spiro atoms. The molecular weight excluding hydrogens is 402 g/mol. The van der Waals surface area contributed by atoms with Gasteiger partial charge in [-0.05, 0) is 37.7 Å². The lowest BCUT2D eigenvalue weighted by Gasteiger charge is -2.30. The van der Waals surface area contributed by atoms with Gasteiger partial charge in [0.05, 0.1) is 25.9 Å². The molecule has 1 fully saturated rings. The summed E-state index contributed by atoms with van der Waals surface area (Å²) in [5.74, 6) is -1.13. The van der Waals surface area contributed by atoms with E-state index in [-0.39, 0.29) is 24.5 Å². The first-order valence-corrected chi connectivity index (χ1v) is 11.0. The Labute approximate surface area is 184 Å². The van der Waals surface area contributed by atoms with E-state index in [1.807, 2.05) is 27.7 Å². The third-order valence-corrected chi connectivity index (χ3v) is 4.66. The van der Waals surface area contributed by atoms with Gasteiger partial charge in [-0.25, -0.2) is 9.59 Å². The molecule has 3 amide bonds. The first-order valence-electron chi connectivity index (χ1n) is 11.0. The van der Waals surface area contributed by atoms with Crippen molar-refractivity contribution in [2.45, 2.75) is 59.5 Å². The van der Waals surface area contributed by atoms with Crippen LogP contribution in [-0.2, 0) is 23.9 Å². The van der Waals surface area contributed by atoms with Gasteiger partial charge in [0, 0.05) is 19.2 Å². The predicted molar refractivity (Wildman–Crippen MR) is 116 cm³/mol. The van der Waals surface area contributed by atoms with E-state index < -0.39 is 29.7 Å². The van der Waals surface area contributed by atoms with E-state index in [9.17, 15) is 19.2 Å². The van der Waals surface area contributed by atoms with Crippen molar-refractivity contribution in [1.82, 2.24) is 15.5 Å². The van der Waals surface area contributed by atoms with Gasteiger partial charge in [0.1, 0.15) is 6.04 Å². The normalized spacial score (nSPS) is 16.3. The number of carbonyl (C=O) groups is 4. The first kappa shape index (κ1) is 26.6. The summed E-state index contributed by atoms with van der Waals surface area (Å²) >= 11 is 0. The van der Waals surface area contributed by atoms with E-state index in [4.69, 9.17) is 9.47 Å². The third kappa shape index (κ3) is 10.4. The minimum absolute atomic E-state index is 0.136. The fourth-order valence-corrected chi connectivity index (χ4v) is 3.16. The average Bonchev–Trinajstić information content (AvgIpc) is 2.71. The number of amides is 3. The van der Waals surface area contributed by atoms with Crippen molar-refractivity contribution in [2.75, 3.05) is 32.9 Å². The Balaban J connectivity index is 2.86. The van der Waals surface area contributed by atoms with Gasteiger partial charge in [0.2, 0.25) is 5.91 Å². The van der Waals surface area contributed by atoms with Crippen LogP contribution in [0.2, 0.25) is 0 Å².